The summed E-state index contributed by atoms with van der Waals surface area (Å²) in [5, 5.41) is 1.55. The highest BCUT2D eigenvalue weighted by atomic mass is 35.5. The largest absolute Gasteiger partial charge is 0.292 e. The minimum absolute atomic E-state index is 0.295. The number of aromatic nitrogens is 4. The van der Waals surface area contributed by atoms with Crippen LogP contribution in [0.4, 0.5) is 5.95 Å². The molecule has 2 aromatic heterocycles. The molecule has 0 saturated carbocycles. The number of nitrogens with two attached hydrogens (primary N) is 1. The van der Waals surface area contributed by atoms with Gasteiger partial charge in [0.2, 0.25) is 5.95 Å². The maximum Gasteiger partial charge on any atom is 0.238 e. The number of aryl methyl sites for hydroxylation is 1. The Labute approximate surface area is 107 Å². The van der Waals surface area contributed by atoms with E-state index in [0.29, 0.717) is 21.2 Å². The molecule has 0 aliphatic carbocycles. The number of hydrogen-bond donors (Lipinski definition) is 2. The van der Waals surface area contributed by atoms with Gasteiger partial charge in [-0.15, -0.1) is 0 Å². The van der Waals surface area contributed by atoms with E-state index in [2.05, 4.69) is 25.4 Å². The minimum atomic E-state index is 0.295. The lowest BCUT2D eigenvalue weighted by Crippen LogP contribution is -2.10. The van der Waals surface area contributed by atoms with Gasteiger partial charge < -0.3 is 0 Å². The Morgan fingerprint density at radius 3 is 2.59 bits per heavy atom. The van der Waals surface area contributed by atoms with Crippen molar-refractivity contribution in [2.75, 3.05) is 5.43 Å². The first-order valence-corrected chi connectivity index (χ1v) is 5.84. The summed E-state index contributed by atoms with van der Waals surface area (Å²) in [5.74, 6) is 5.52. The molecule has 0 radical (unpaired) electrons. The van der Waals surface area contributed by atoms with E-state index in [0.717, 1.165) is 5.56 Å². The fourth-order valence-corrected chi connectivity index (χ4v) is 1.89. The average molecular weight is 269 g/mol. The van der Waals surface area contributed by atoms with Gasteiger partial charge in [-0.2, -0.15) is 0 Å². The Hall–Kier alpha value is -1.44. The van der Waals surface area contributed by atoms with Gasteiger partial charge in [-0.1, -0.05) is 11.6 Å². The fourth-order valence-electron chi connectivity index (χ4n) is 1.01. The second-order valence-corrected chi connectivity index (χ2v) is 4.50. The lowest BCUT2D eigenvalue weighted by Gasteiger charge is -2.03. The summed E-state index contributed by atoms with van der Waals surface area (Å²) in [6.45, 7) is 1.92. The standard InChI is InChI=1S/C9H9ClN6S/c1-5-2-13-9(14-3-5)17-7-6(10)4-12-8(15-7)16-11/h2-4H,11H2,1H3,(H,12,15,16). The van der Waals surface area contributed by atoms with Crippen LogP contribution in [0.2, 0.25) is 5.02 Å². The summed E-state index contributed by atoms with van der Waals surface area (Å²) in [5.41, 5.74) is 3.35. The highest BCUT2D eigenvalue weighted by Crippen LogP contribution is 2.29. The number of halogens is 1. The molecule has 0 atom stereocenters. The van der Waals surface area contributed by atoms with Crippen molar-refractivity contribution in [1.82, 2.24) is 19.9 Å². The second-order valence-electron chi connectivity index (χ2n) is 3.14. The van der Waals surface area contributed by atoms with Crippen molar-refractivity contribution >= 4 is 29.3 Å². The van der Waals surface area contributed by atoms with Gasteiger partial charge in [-0.05, 0) is 24.2 Å². The van der Waals surface area contributed by atoms with Gasteiger partial charge in [0.1, 0.15) is 5.03 Å². The molecule has 0 aliphatic rings. The molecule has 0 aliphatic heterocycles. The van der Waals surface area contributed by atoms with E-state index < -0.39 is 0 Å². The third kappa shape index (κ3) is 3.02. The summed E-state index contributed by atoms with van der Waals surface area (Å²) >= 11 is 7.22. The molecule has 0 aromatic carbocycles. The summed E-state index contributed by atoms with van der Waals surface area (Å²) in [4.78, 5) is 16.3. The first-order valence-electron chi connectivity index (χ1n) is 4.64. The van der Waals surface area contributed by atoms with Gasteiger partial charge in [-0.3, -0.25) is 5.43 Å². The van der Waals surface area contributed by atoms with Gasteiger partial charge >= 0.3 is 0 Å². The van der Waals surface area contributed by atoms with E-state index in [1.54, 1.807) is 12.4 Å². The van der Waals surface area contributed by atoms with Crippen LogP contribution in [-0.2, 0) is 0 Å². The Bertz CT molecular complexity index is 517. The second kappa shape index (κ2) is 5.26. The fraction of sp³-hybridized carbons (Fsp3) is 0.111. The summed E-state index contributed by atoms with van der Waals surface area (Å²) in [6, 6.07) is 0. The van der Waals surface area contributed by atoms with E-state index in [9.17, 15) is 0 Å². The number of anilines is 1. The van der Waals surface area contributed by atoms with Gasteiger partial charge in [0.05, 0.1) is 11.2 Å². The summed E-state index contributed by atoms with van der Waals surface area (Å²) in [7, 11) is 0. The number of hydrogen-bond acceptors (Lipinski definition) is 7. The first-order chi connectivity index (χ1) is 8.19. The van der Waals surface area contributed by atoms with Crippen molar-refractivity contribution in [1.29, 1.82) is 0 Å². The molecule has 6 nitrogen and oxygen atoms in total. The molecule has 0 unspecified atom stereocenters. The van der Waals surface area contributed by atoms with Crippen molar-refractivity contribution in [2.45, 2.75) is 17.1 Å². The van der Waals surface area contributed by atoms with Crippen LogP contribution in [0.1, 0.15) is 5.56 Å². The van der Waals surface area contributed by atoms with E-state index >= 15 is 0 Å². The monoisotopic (exact) mass is 268 g/mol. The van der Waals surface area contributed by atoms with Crippen LogP contribution in [0.15, 0.2) is 28.8 Å². The van der Waals surface area contributed by atoms with Crippen LogP contribution in [0.3, 0.4) is 0 Å². The Kier molecular flexibility index (Phi) is 3.72. The number of hydrazine groups is 1. The SMILES string of the molecule is Cc1cnc(Sc2nc(NN)ncc2Cl)nc1. The number of nitrogens with one attached hydrogen (secondary N) is 1. The van der Waals surface area contributed by atoms with Crippen molar-refractivity contribution in [3.63, 3.8) is 0 Å². The van der Waals surface area contributed by atoms with Crippen molar-refractivity contribution < 1.29 is 0 Å². The van der Waals surface area contributed by atoms with Gasteiger partial charge in [0.15, 0.2) is 5.16 Å². The van der Waals surface area contributed by atoms with Crippen LogP contribution in [0.25, 0.3) is 0 Å². The predicted octanol–water partition coefficient (Wildman–Crippen LogP) is 1.67. The first kappa shape index (κ1) is 12.0. The van der Waals surface area contributed by atoms with Crippen LogP contribution < -0.4 is 11.3 Å². The Morgan fingerprint density at radius 1 is 1.24 bits per heavy atom. The maximum absolute atomic E-state index is 5.96. The van der Waals surface area contributed by atoms with Crippen molar-refractivity contribution in [3.8, 4) is 0 Å². The molecule has 8 heteroatoms. The highest BCUT2D eigenvalue weighted by molar-refractivity contribution is 7.99. The third-order valence-electron chi connectivity index (χ3n) is 1.79. The van der Waals surface area contributed by atoms with Crippen LogP contribution in [-0.4, -0.2) is 19.9 Å². The highest BCUT2D eigenvalue weighted by Gasteiger charge is 2.08. The minimum Gasteiger partial charge on any atom is -0.292 e. The van der Waals surface area contributed by atoms with E-state index in [-0.39, 0.29) is 0 Å². The molecular weight excluding hydrogens is 260 g/mol. The molecule has 0 amide bonds. The van der Waals surface area contributed by atoms with E-state index in [1.165, 1.54) is 18.0 Å². The van der Waals surface area contributed by atoms with Crippen LogP contribution >= 0.6 is 23.4 Å². The molecule has 0 saturated heterocycles. The summed E-state index contributed by atoms with van der Waals surface area (Å²) in [6.07, 6.45) is 4.93. The van der Waals surface area contributed by atoms with Crippen molar-refractivity contribution in [2.24, 2.45) is 5.84 Å². The topological polar surface area (TPSA) is 89.6 Å². The molecule has 0 bridgehead atoms. The lowest BCUT2D eigenvalue weighted by atomic mass is 10.4. The summed E-state index contributed by atoms with van der Waals surface area (Å²) < 4.78 is 0. The Balaban J connectivity index is 2.25. The quantitative estimate of drug-likeness (QED) is 0.379. The molecule has 2 aromatic rings. The van der Waals surface area contributed by atoms with Crippen LogP contribution in [0, 0.1) is 6.92 Å². The number of rotatable bonds is 3. The maximum atomic E-state index is 5.96. The van der Waals surface area contributed by atoms with Gasteiger partial charge in [0, 0.05) is 12.4 Å². The third-order valence-corrected chi connectivity index (χ3v) is 3.07. The zero-order valence-corrected chi connectivity index (χ0v) is 10.5. The molecule has 88 valence electrons. The number of nitrogens with zero attached hydrogens (tertiary/aromatic N) is 4. The van der Waals surface area contributed by atoms with E-state index in [4.69, 9.17) is 17.4 Å². The van der Waals surface area contributed by atoms with Crippen LogP contribution in [0.5, 0.6) is 0 Å². The Morgan fingerprint density at radius 2 is 1.94 bits per heavy atom. The normalized spacial score (nSPS) is 10.3. The molecular formula is C9H9ClN6S. The molecule has 3 N–H and O–H groups in total. The van der Waals surface area contributed by atoms with Crippen molar-refractivity contribution in [3.05, 3.63) is 29.2 Å². The molecule has 2 rings (SSSR count). The molecule has 0 fully saturated rings. The van der Waals surface area contributed by atoms with Gasteiger partial charge in [0.25, 0.3) is 0 Å². The predicted molar refractivity (Wildman–Crippen MR) is 65.7 cm³/mol. The van der Waals surface area contributed by atoms with Gasteiger partial charge in [-0.25, -0.2) is 25.8 Å². The average Bonchev–Trinajstić information content (AvgIpc) is 2.35. The molecule has 2 heterocycles. The zero-order valence-electron chi connectivity index (χ0n) is 8.88. The zero-order chi connectivity index (χ0) is 12.3. The number of nitrogen functional groups attached to an aromatic ring is 1. The molecule has 17 heavy (non-hydrogen) atoms. The van der Waals surface area contributed by atoms with E-state index in [1.807, 2.05) is 6.92 Å². The smallest absolute Gasteiger partial charge is 0.238 e. The molecule has 0 spiro atoms. The lowest BCUT2D eigenvalue weighted by molar-refractivity contribution is 0.940.